The van der Waals surface area contributed by atoms with Gasteiger partial charge >= 0.3 is 6.09 Å². The van der Waals surface area contributed by atoms with Gasteiger partial charge in [-0.3, -0.25) is 0 Å². The molecule has 0 aromatic heterocycles. The summed E-state index contributed by atoms with van der Waals surface area (Å²) in [7, 11) is 1.32. The molecule has 1 aromatic rings. The summed E-state index contributed by atoms with van der Waals surface area (Å²) in [5, 5.41) is 13.6. The summed E-state index contributed by atoms with van der Waals surface area (Å²) in [5.41, 5.74) is -0.723. The number of amides is 1. The van der Waals surface area contributed by atoms with E-state index < -0.39 is 11.7 Å². The van der Waals surface area contributed by atoms with Crippen LogP contribution in [0.1, 0.15) is 38.7 Å². The zero-order valence-electron chi connectivity index (χ0n) is 14.4. The second-order valence-corrected chi connectivity index (χ2v) is 7.28. The number of hydrogen-bond donors (Lipinski definition) is 2. The number of benzene rings is 1. The second-order valence-electron chi connectivity index (χ2n) is 7.28. The lowest BCUT2D eigenvalue weighted by atomic mass is 9.65. The molecule has 2 unspecified atom stereocenters. The highest BCUT2D eigenvalue weighted by Crippen LogP contribution is 2.43. The normalized spacial score (nSPS) is 25.3. The Morgan fingerprint density at radius 2 is 2.21 bits per heavy atom. The van der Waals surface area contributed by atoms with Crippen molar-refractivity contribution in [2.45, 2.75) is 38.7 Å². The molecule has 0 bridgehead atoms. The summed E-state index contributed by atoms with van der Waals surface area (Å²) in [4.78, 5) is 11.3. The molecule has 24 heavy (non-hydrogen) atoms. The smallest absolute Gasteiger partial charge is 0.406 e. The van der Waals surface area contributed by atoms with Gasteiger partial charge in [0, 0.05) is 12.1 Å². The molecule has 0 spiro atoms. The molecular weight excluding hydrogens is 309 g/mol. The van der Waals surface area contributed by atoms with E-state index in [1.165, 1.54) is 19.2 Å². The van der Waals surface area contributed by atoms with Crippen LogP contribution >= 0.6 is 0 Å². The number of ether oxygens (including phenoxy) is 1. The van der Waals surface area contributed by atoms with E-state index in [1.54, 1.807) is 12.1 Å². The van der Waals surface area contributed by atoms with Gasteiger partial charge in [-0.05, 0) is 48.8 Å². The number of aliphatic hydroxyl groups is 1. The molecule has 1 aliphatic rings. The van der Waals surface area contributed by atoms with Crippen LogP contribution in [0.4, 0.5) is 9.18 Å². The predicted molar refractivity (Wildman–Crippen MR) is 89.8 cm³/mol. The Labute approximate surface area is 142 Å². The van der Waals surface area contributed by atoms with Crippen molar-refractivity contribution in [3.63, 3.8) is 0 Å². The van der Waals surface area contributed by atoms with Gasteiger partial charge in [-0.25, -0.2) is 9.18 Å². The van der Waals surface area contributed by atoms with Gasteiger partial charge in [0.15, 0.2) is 0 Å². The molecule has 1 aliphatic carbocycles. The Morgan fingerprint density at radius 1 is 1.46 bits per heavy atom. The lowest BCUT2D eigenvalue weighted by Gasteiger charge is -2.43. The highest BCUT2D eigenvalue weighted by atomic mass is 19.1. The molecule has 0 saturated heterocycles. The van der Waals surface area contributed by atoms with E-state index in [-0.39, 0.29) is 17.2 Å². The van der Waals surface area contributed by atoms with Crippen LogP contribution in [0, 0.1) is 29.0 Å². The van der Waals surface area contributed by atoms with Crippen LogP contribution in [-0.2, 0) is 4.74 Å². The van der Waals surface area contributed by atoms with E-state index in [0.717, 1.165) is 6.42 Å². The van der Waals surface area contributed by atoms with Gasteiger partial charge in [0.05, 0.1) is 7.11 Å². The standard InChI is InChI=1S/C19H24FNO3/c1-18(2)10-15(12-21-17(22)24-3)11-19(23,13-18)8-7-14-5-4-6-16(20)9-14/h4-6,9,15,23H,10-13H2,1-3H3,(H,21,22). The lowest BCUT2D eigenvalue weighted by molar-refractivity contribution is -0.0173. The van der Waals surface area contributed by atoms with Crippen molar-refractivity contribution in [2.75, 3.05) is 13.7 Å². The van der Waals surface area contributed by atoms with Crippen molar-refractivity contribution in [3.8, 4) is 11.8 Å². The van der Waals surface area contributed by atoms with Crippen molar-refractivity contribution in [2.24, 2.45) is 11.3 Å². The van der Waals surface area contributed by atoms with E-state index >= 15 is 0 Å². The summed E-state index contributed by atoms with van der Waals surface area (Å²) < 4.78 is 17.8. The molecule has 2 N–H and O–H groups in total. The van der Waals surface area contributed by atoms with Gasteiger partial charge in [-0.15, -0.1) is 0 Å². The maximum absolute atomic E-state index is 13.2. The quantitative estimate of drug-likeness (QED) is 0.818. The number of methoxy groups -OCH3 is 1. The fourth-order valence-electron chi connectivity index (χ4n) is 3.56. The second kappa shape index (κ2) is 7.23. The van der Waals surface area contributed by atoms with E-state index in [1.807, 2.05) is 0 Å². The van der Waals surface area contributed by atoms with E-state index in [0.29, 0.717) is 24.9 Å². The minimum atomic E-state index is -1.16. The molecule has 1 amide bonds. The SMILES string of the molecule is COC(=O)NCC1CC(C)(C)CC(O)(C#Cc2cccc(F)c2)C1. The highest BCUT2D eigenvalue weighted by molar-refractivity contribution is 5.66. The molecule has 0 aliphatic heterocycles. The topological polar surface area (TPSA) is 58.6 Å². The van der Waals surface area contributed by atoms with Crippen molar-refractivity contribution in [1.29, 1.82) is 0 Å². The van der Waals surface area contributed by atoms with Crippen LogP contribution < -0.4 is 5.32 Å². The number of rotatable bonds is 2. The number of carbonyl (C=O) groups excluding carboxylic acids is 1. The fourth-order valence-corrected chi connectivity index (χ4v) is 3.56. The van der Waals surface area contributed by atoms with Crippen molar-refractivity contribution in [1.82, 2.24) is 5.32 Å². The van der Waals surface area contributed by atoms with Gasteiger partial charge in [0.2, 0.25) is 0 Å². The molecule has 0 heterocycles. The number of nitrogens with one attached hydrogen (secondary N) is 1. The monoisotopic (exact) mass is 333 g/mol. The molecule has 1 aromatic carbocycles. The van der Waals surface area contributed by atoms with Crippen LogP contribution in [0.5, 0.6) is 0 Å². The molecular formula is C19H24FNO3. The molecule has 0 radical (unpaired) electrons. The lowest BCUT2D eigenvalue weighted by Crippen LogP contribution is -2.45. The van der Waals surface area contributed by atoms with E-state index in [4.69, 9.17) is 0 Å². The van der Waals surface area contributed by atoms with Crippen LogP contribution in [0.3, 0.4) is 0 Å². The summed E-state index contributed by atoms with van der Waals surface area (Å²) in [6.45, 7) is 4.58. The third-order valence-corrected chi connectivity index (χ3v) is 4.22. The number of carbonyl (C=O) groups is 1. The van der Waals surface area contributed by atoms with Crippen LogP contribution in [0.25, 0.3) is 0 Å². The number of alkyl carbamates (subject to hydrolysis) is 1. The molecule has 2 atom stereocenters. The first-order valence-corrected chi connectivity index (χ1v) is 8.04. The third kappa shape index (κ3) is 5.24. The molecule has 5 heteroatoms. The van der Waals surface area contributed by atoms with E-state index in [2.05, 4.69) is 35.7 Å². The Hall–Kier alpha value is -2.06. The average molecular weight is 333 g/mol. The Balaban J connectivity index is 2.13. The minimum Gasteiger partial charge on any atom is -0.453 e. The minimum absolute atomic E-state index is 0.0969. The fraction of sp³-hybridized carbons (Fsp3) is 0.526. The molecule has 1 fully saturated rings. The van der Waals surface area contributed by atoms with Gasteiger partial charge < -0.3 is 15.2 Å². The maximum Gasteiger partial charge on any atom is 0.406 e. The summed E-state index contributed by atoms with van der Waals surface area (Å²) >= 11 is 0. The van der Waals surface area contributed by atoms with Crippen LogP contribution in [0.15, 0.2) is 24.3 Å². The van der Waals surface area contributed by atoms with Gasteiger partial charge in [0.1, 0.15) is 11.4 Å². The average Bonchev–Trinajstić information content (AvgIpc) is 2.49. The Bertz CT molecular complexity index is 662. The van der Waals surface area contributed by atoms with E-state index in [9.17, 15) is 14.3 Å². The Kier molecular flexibility index (Phi) is 5.51. The maximum atomic E-state index is 13.2. The van der Waals surface area contributed by atoms with Crippen molar-refractivity contribution >= 4 is 6.09 Å². The van der Waals surface area contributed by atoms with Crippen molar-refractivity contribution < 1.29 is 19.0 Å². The summed E-state index contributed by atoms with van der Waals surface area (Å²) in [5.74, 6) is 5.55. The molecule has 4 nitrogen and oxygen atoms in total. The predicted octanol–water partition coefficient (Wildman–Crippen LogP) is 3.09. The number of hydrogen-bond acceptors (Lipinski definition) is 3. The first kappa shape index (κ1) is 18.3. The molecule has 1 saturated carbocycles. The van der Waals surface area contributed by atoms with Crippen LogP contribution in [-0.4, -0.2) is 30.5 Å². The van der Waals surface area contributed by atoms with Gasteiger partial charge in [-0.1, -0.05) is 31.8 Å². The third-order valence-electron chi connectivity index (χ3n) is 4.22. The molecule has 130 valence electrons. The Morgan fingerprint density at radius 3 is 2.88 bits per heavy atom. The first-order valence-electron chi connectivity index (χ1n) is 8.04. The largest absolute Gasteiger partial charge is 0.453 e. The van der Waals surface area contributed by atoms with Gasteiger partial charge in [0.25, 0.3) is 0 Å². The van der Waals surface area contributed by atoms with Gasteiger partial charge in [-0.2, -0.15) is 0 Å². The van der Waals surface area contributed by atoms with Crippen LogP contribution in [0.2, 0.25) is 0 Å². The highest BCUT2D eigenvalue weighted by Gasteiger charge is 2.42. The summed E-state index contributed by atoms with van der Waals surface area (Å²) in [6, 6.07) is 6.01. The molecule has 2 rings (SSSR count). The number of halogens is 1. The first-order chi connectivity index (χ1) is 11.2. The zero-order valence-corrected chi connectivity index (χ0v) is 14.4. The summed E-state index contributed by atoms with van der Waals surface area (Å²) in [6.07, 6.45) is 1.40. The zero-order chi connectivity index (χ0) is 17.8. The van der Waals surface area contributed by atoms with Crippen molar-refractivity contribution in [3.05, 3.63) is 35.6 Å².